The minimum atomic E-state index is -0.944. The summed E-state index contributed by atoms with van der Waals surface area (Å²) in [4.78, 5) is 52.9. The number of piperidine rings is 1. The molecule has 0 bridgehead atoms. The number of benzene rings is 1. The van der Waals surface area contributed by atoms with Crippen LogP contribution in [-0.2, 0) is 20.9 Å². The number of morpholine rings is 1. The summed E-state index contributed by atoms with van der Waals surface area (Å²) in [6.45, 7) is 2.96. The summed E-state index contributed by atoms with van der Waals surface area (Å²) in [7, 11) is 0. The Morgan fingerprint density at radius 2 is 1.81 bits per heavy atom. The minimum absolute atomic E-state index is 0.110. The van der Waals surface area contributed by atoms with Gasteiger partial charge in [-0.25, -0.2) is 0 Å². The molecule has 3 N–H and O–H groups in total. The second-order valence-corrected chi connectivity index (χ2v) is 9.41. The number of ether oxygens (including phenoxy) is 1. The Morgan fingerprint density at radius 3 is 2.56 bits per heavy atom. The Bertz CT molecular complexity index is 985. The Balaban J connectivity index is 1.31. The predicted octanol–water partition coefficient (Wildman–Crippen LogP) is 0.560. The zero-order chi connectivity index (χ0) is 22.5. The second-order valence-electron chi connectivity index (χ2n) is 9.41. The molecule has 5 rings (SSSR count). The SMILES string of the molecule is NC1CCC2(CC1)CN(Cc1ccc3c(c1)C(=O)N(C1CCC(=O)NC1=O)C3=O)CCO2. The van der Waals surface area contributed by atoms with Crippen molar-refractivity contribution in [3.8, 4) is 0 Å². The highest BCUT2D eigenvalue weighted by Crippen LogP contribution is 2.35. The first kappa shape index (κ1) is 21.2. The molecule has 4 aliphatic rings. The Morgan fingerprint density at radius 1 is 1.06 bits per heavy atom. The maximum atomic E-state index is 13.0. The van der Waals surface area contributed by atoms with E-state index in [2.05, 4.69) is 10.2 Å². The number of nitrogens with one attached hydrogen (secondary N) is 1. The molecule has 2 saturated heterocycles. The normalized spacial score (nSPS) is 31.2. The van der Waals surface area contributed by atoms with Gasteiger partial charge in [0.25, 0.3) is 11.8 Å². The molecule has 9 nitrogen and oxygen atoms in total. The quantitative estimate of drug-likeness (QED) is 0.659. The number of hydrogen-bond acceptors (Lipinski definition) is 7. The molecule has 3 heterocycles. The summed E-state index contributed by atoms with van der Waals surface area (Å²) in [5, 5.41) is 2.22. The molecule has 3 fully saturated rings. The van der Waals surface area contributed by atoms with Crippen molar-refractivity contribution in [2.75, 3.05) is 19.7 Å². The highest BCUT2D eigenvalue weighted by Gasteiger charge is 2.45. The molecular weight excluding hydrogens is 412 g/mol. The fraction of sp³-hybridized carbons (Fsp3) is 0.565. The standard InChI is InChI=1S/C23H28N4O5/c24-15-5-7-23(8-6-15)13-26(9-10-32-23)12-14-1-2-16-17(11-14)22(31)27(21(16)30)18-3-4-19(28)25-20(18)29/h1-2,11,15,18H,3-10,12-13,24H2,(H,25,28,29). The van der Waals surface area contributed by atoms with Gasteiger partial charge in [0.2, 0.25) is 11.8 Å². The lowest BCUT2D eigenvalue weighted by Gasteiger charge is -2.46. The van der Waals surface area contributed by atoms with E-state index in [1.165, 1.54) is 0 Å². The minimum Gasteiger partial charge on any atom is -0.372 e. The van der Waals surface area contributed by atoms with Crippen molar-refractivity contribution < 1.29 is 23.9 Å². The molecule has 3 aliphatic heterocycles. The number of rotatable bonds is 3. The van der Waals surface area contributed by atoms with Crippen molar-refractivity contribution >= 4 is 23.6 Å². The number of carbonyl (C=O) groups is 4. The van der Waals surface area contributed by atoms with Gasteiger partial charge in [0, 0.05) is 32.1 Å². The van der Waals surface area contributed by atoms with Crippen molar-refractivity contribution in [1.82, 2.24) is 15.1 Å². The molecule has 1 spiro atoms. The van der Waals surface area contributed by atoms with E-state index in [4.69, 9.17) is 10.5 Å². The van der Waals surface area contributed by atoms with Gasteiger partial charge in [0.1, 0.15) is 6.04 Å². The van der Waals surface area contributed by atoms with Gasteiger partial charge < -0.3 is 10.5 Å². The summed E-state index contributed by atoms with van der Waals surface area (Å²) >= 11 is 0. The van der Waals surface area contributed by atoms with Gasteiger partial charge in [0.15, 0.2) is 0 Å². The van der Waals surface area contributed by atoms with Crippen LogP contribution in [-0.4, -0.2) is 70.8 Å². The van der Waals surface area contributed by atoms with Crippen molar-refractivity contribution in [3.63, 3.8) is 0 Å². The van der Waals surface area contributed by atoms with Crippen LogP contribution in [0.3, 0.4) is 0 Å². The molecule has 0 radical (unpaired) electrons. The lowest BCUT2D eigenvalue weighted by Crippen LogP contribution is -2.54. The number of carbonyl (C=O) groups excluding carboxylic acids is 4. The van der Waals surface area contributed by atoms with E-state index in [9.17, 15) is 19.2 Å². The van der Waals surface area contributed by atoms with Gasteiger partial charge in [0.05, 0.1) is 23.3 Å². The first-order valence-corrected chi connectivity index (χ1v) is 11.3. The first-order chi connectivity index (χ1) is 15.3. The monoisotopic (exact) mass is 440 g/mol. The largest absolute Gasteiger partial charge is 0.372 e. The molecular formula is C23H28N4O5. The molecule has 1 saturated carbocycles. The average molecular weight is 441 g/mol. The molecule has 9 heteroatoms. The molecule has 1 aromatic rings. The number of amides is 4. The Hall–Kier alpha value is -2.62. The number of fused-ring (bicyclic) bond motifs is 1. The molecule has 1 aliphatic carbocycles. The van der Waals surface area contributed by atoms with Gasteiger partial charge in [-0.3, -0.25) is 34.3 Å². The average Bonchev–Trinajstić information content (AvgIpc) is 3.01. The number of nitrogens with zero attached hydrogens (tertiary/aromatic N) is 2. The van der Waals surface area contributed by atoms with Gasteiger partial charge in [-0.05, 0) is 49.8 Å². The number of imide groups is 2. The van der Waals surface area contributed by atoms with Crippen LogP contribution in [0.1, 0.15) is 64.8 Å². The van der Waals surface area contributed by atoms with E-state index in [1.807, 2.05) is 6.07 Å². The summed E-state index contributed by atoms with van der Waals surface area (Å²) in [5.74, 6) is -1.92. The van der Waals surface area contributed by atoms with Crippen LogP contribution in [0.2, 0.25) is 0 Å². The van der Waals surface area contributed by atoms with Crippen LogP contribution in [0.15, 0.2) is 18.2 Å². The third-order valence-electron chi connectivity index (χ3n) is 7.18. The molecule has 1 atom stereocenters. The fourth-order valence-electron chi connectivity index (χ4n) is 5.40. The molecule has 4 amide bonds. The fourth-order valence-corrected chi connectivity index (χ4v) is 5.40. The Labute approximate surface area is 186 Å². The lowest BCUT2D eigenvalue weighted by molar-refractivity contribution is -0.136. The maximum absolute atomic E-state index is 13.0. The van der Waals surface area contributed by atoms with Gasteiger partial charge >= 0.3 is 0 Å². The van der Waals surface area contributed by atoms with Crippen LogP contribution in [0.5, 0.6) is 0 Å². The molecule has 1 aromatic carbocycles. The smallest absolute Gasteiger partial charge is 0.262 e. The Kier molecular flexibility index (Phi) is 5.35. The van der Waals surface area contributed by atoms with Crippen LogP contribution in [0.4, 0.5) is 0 Å². The molecule has 0 aromatic heterocycles. The van der Waals surface area contributed by atoms with Crippen LogP contribution in [0, 0.1) is 0 Å². The molecule has 170 valence electrons. The lowest BCUT2D eigenvalue weighted by atomic mass is 9.81. The molecule has 1 unspecified atom stereocenters. The van der Waals surface area contributed by atoms with Crippen LogP contribution >= 0.6 is 0 Å². The highest BCUT2D eigenvalue weighted by atomic mass is 16.5. The second kappa shape index (κ2) is 8.06. The van der Waals surface area contributed by atoms with Crippen molar-refractivity contribution in [2.45, 2.75) is 62.8 Å². The highest BCUT2D eigenvalue weighted by molar-refractivity contribution is 6.23. The van der Waals surface area contributed by atoms with E-state index in [1.54, 1.807) is 12.1 Å². The zero-order valence-corrected chi connectivity index (χ0v) is 18.0. The number of hydrogen-bond donors (Lipinski definition) is 2. The topological polar surface area (TPSA) is 122 Å². The van der Waals surface area contributed by atoms with E-state index < -0.39 is 23.8 Å². The van der Waals surface area contributed by atoms with Crippen molar-refractivity contribution in [1.29, 1.82) is 0 Å². The van der Waals surface area contributed by atoms with Crippen LogP contribution < -0.4 is 11.1 Å². The first-order valence-electron chi connectivity index (χ1n) is 11.3. The summed E-state index contributed by atoms with van der Waals surface area (Å²) in [6, 6.07) is 4.62. The van der Waals surface area contributed by atoms with Crippen molar-refractivity contribution in [3.05, 3.63) is 34.9 Å². The third-order valence-corrected chi connectivity index (χ3v) is 7.18. The van der Waals surface area contributed by atoms with Gasteiger partial charge in [-0.15, -0.1) is 0 Å². The summed E-state index contributed by atoms with van der Waals surface area (Å²) < 4.78 is 6.16. The van der Waals surface area contributed by atoms with Gasteiger partial charge in [-0.2, -0.15) is 0 Å². The number of nitrogens with two attached hydrogens (primary N) is 1. The van der Waals surface area contributed by atoms with Crippen LogP contribution in [0.25, 0.3) is 0 Å². The van der Waals surface area contributed by atoms with E-state index in [0.717, 1.165) is 49.2 Å². The van der Waals surface area contributed by atoms with E-state index in [0.29, 0.717) is 24.3 Å². The summed E-state index contributed by atoms with van der Waals surface area (Å²) in [5.41, 5.74) is 7.50. The van der Waals surface area contributed by atoms with Gasteiger partial charge in [-0.1, -0.05) is 6.07 Å². The summed E-state index contributed by atoms with van der Waals surface area (Å²) in [6.07, 6.45) is 4.13. The zero-order valence-electron chi connectivity index (χ0n) is 18.0. The molecule has 32 heavy (non-hydrogen) atoms. The van der Waals surface area contributed by atoms with E-state index in [-0.39, 0.29) is 30.4 Å². The predicted molar refractivity (Wildman–Crippen MR) is 114 cm³/mol. The maximum Gasteiger partial charge on any atom is 0.262 e. The van der Waals surface area contributed by atoms with E-state index >= 15 is 0 Å². The third kappa shape index (κ3) is 3.74. The van der Waals surface area contributed by atoms with Crippen molar-refractivity contribution in [2.24, 2.45) is 5.73 Å².